The fourth-order valence-corrected chi connectivity index (χ4v) is 3.12. The normalized spacial score (nSPS) is 19.1. The molecule has 0 spiro atoms. The van der Waals surface area contributed by atoms with Crippen LogP contribution >= 0.6 is 0 Å². The Morgan fingerprint density at radius 1 is 0.833 bits per heavy atom. The van der Waals surface area contributed by atoms with Crippen LogP contribution in [0.15, 0.2) is 54.6 Å². The highest BCUT2D eigenvalue weighted by Crippen LogP contribution is 2.37. The van der Waals surface area contributed by atoms with E-state index in [2.05, 4.69) is 81.2 Å². The Morgan fingerprint density at radius 2 is 1.50 bits per heavy atom. The zero-order valence-corrected chi connectivity index (χ0v) is 14.6. The summed E-state index contributed by atoms with van der Waals surface area (Å²) in [5.74, 6) is 0. The van der Waals surface area contributed by atoms with Gasteiger partial charge in [-0.15, -0.1) is 0 Å². The van der Waals surface area contributed by atoms with Crippen molar-refractivity contribution in [3.63, 3.8) is 0 Å². The van der Waals surface area contributed by atoms with Crippen molar-refractivity contribution in [2.24, 2.45) is 0 Å². The van der Waals surface area contributed by atoms with Gasteiger partial charge < -0.3 is 14.3 Å². The fraction of sp³-hybridized carbons (Fsp3) is 0.300. The Morgan fingerprint density at radius 3 is 2.17 bits per heavy atom. The van der Waals surface area contributed by atoms with Crippen LogP contribution in [0.1, 0.15) is 27.7 Å². The average Bonchev–Trinajstić information content (AvgIpc) is 3.06. The SMILES string of the molecule is CC1(C)OB(c2cccc3cc(-c4ccccc4)[nH]c23)OC1(C)C. The van der Waals surface area contributed by atoms with Crippen molar-refractivity contribution in [3.05, 3.63) is 54.6 Å². The zero-order chi connectivity index (χ0) is 16.9. The van der Waals surface area contributed by atoms with Crippen LogP contribution in [0.25, 0.3) is 22.2 Å². The number of fused-ring (bicyclic) bond motifs is 1. The monoisotopic (exact) mass is 319 g/mol. The van der Waals surface area contributed by atoms with Gasteiger partial charge in [0, 0.05) is 16.7 Å². The number of benzene rings is 2. The molecule has 0 atom stereocenters. The molecule has 3 nitrogen and oxygen atoms in total. The topological polar surface area (TPSA) is 34.2 Å². The van der Waals surface area contributed by atoms with Crippen molar-refractivity contribution in [2.75, 3.05) is 0 Å². The molecule has 4 heteroatoms. The van der Waals surface area contributed by atoms with Crippen LogP contribution in [-0.2, 0) is 9.31 Å². The second-order valence-electron chi connectivity index (χ2n) is 7.45. The molecule has 1 aromatic heterocycles. The van der Waals surface area contributed by atoms with Gasteiger partial charge in [-0.1, -0.05) is 48.5 Å². The molecule has 0 radical (unpaired) electrons. The molecular weight excluding hydrogens is 297 g/mol. The van der Waals surface area contributed by atoms with E-state index in [9.17, 15) is 0 Å². The minimum absolute atomic E-state index is 0.339. The van der Waals surface area contributed by atoms with Crippen molar-refractivity contribution in [1.29, 1.82) is 0 Å². The van der Waals surface area contributed by atoms with E-state index in [0.29, 0.717) is 0 Å². The lowest BCUT2D eigenvalue weighted by atomic mass is 9.78. The van der Waals surface area contributed by atoms with Crippen LogP contribution in [0.4, 0.5) is 0 Å². The van der Waals surface area contributed by atoms with Gasteiger partial charge in [0.15, 0.2) is 0 Å². The summed E-state index contributed by atoms with van der Waals surface area (Å²) in [6.07, 6.45) is 0. The summed E-state index contributed by atoms with van der Waals surface area (Å²) >= 11 is 0. The number of aromatic nitrogens is 1. The van der Waals surface area contributed by atoms with Crippen molar-refractivity contribution in [2.45, 2.75) is 38.9 Å². The van der Waals surface area contributed by atoms with Gasteiger partial charge in [-0.2, -0.15) is 0 Å². The Bertz CT molecular complexity index is 867. The Hall–Kier alpha value is -2.04. The van der Waals surface area contributed by atoms with Crippen molar-refractivity contribution < 1.29 is 9.31 Å². The average molecular weight is 319 g/mol. The Labute approximate surface area is 143 Å². The molecule has 4 rings (SSSR count). The largest absolute Gasteiger partial charge is 0.497 e. The molecular formula is C20H22BNO2. The molecule has 24 heavy (non-hydrogen) atoms. The number of H-pyrrole nitrogens is 1. The minimum atomic E-state index is -0.360. The highest BCUT2D eigenvalue weighted by Gasteiger charge is 2.52. The predicted molar refractivity (Wildman–Crippen MR) is 99.5 cm³/mol. The standard InChI is InChI=1S/C20H22BNO2/c1-19(2)20(3,4)24-21(23-19)16-12-8-11-15-13-17(22-18(15)16)14-9-6-5-7-10-14/h5-13,22H,1-4H3. The molecule has 0 saturated carbocycles. The van der Waals surface area contributed by atoms with Gasteiger partial charge in [-0.3, -0.25) is 0 Å². The number of hydrogen-bond donors (Lipinski definition) is 1. The summed E-state index contributed by atoms with van der Waals surface area (Å²) in [6, 6.07) is 18.8. The zero-order valence-electron chi connectivity index (χ0n) is 14.6. The molecule has 0 aliphatic carbocycles. The molecule has 122 valence electrons. The lowest BCUT2D eigenvalue weighted by Crippen LogP contribution is -2.41. The minimum Gasteiger partial charge on any atom is -0.399 e. The molecule has 1 aliphatic rings. The van der Waals surface area contributed by atoms with Crippen molar-refractivity contribution in [1.82, 2.24) is 4.98 Å². The molecule has 1 aliphatic heterocycles. The van der Waals surface area contributed by atoms with E-state index in [1.54, 1.807) is 0 Å². The number of nitrogens with one attached hydrogen (secondary N) is 1. The molecule has 1 fully saturated rings. The maximum absolute atomic E-state index is 6.23. The number of para-hydroxylation sites is 1. The predicted octanol–water partition coefficient (Wildman–Crippen LogP) is 4.13. The molecule has 1 N–H and O–H groups in total. The van der Waals surface area contributed by atoms with Crippen LogP contribution < -0.4 is 5.46 Å². The Balaban J connectivity index is 1.79. The maximum Gasteiger partial charge on any atom is 0.497 e. The van der Waals surface area contributed by atoms with Crippen molar-refractivity contribution in [3.8, 4) is 11.3 Å². The quantitative estimate of drug-likeness (QED) is 0.721. The van der Waals surface area contributed by atoms with E-state index >= 15 is 0 Å². The first-order valence-corrected chi connectivity index (χ1v) is 8.40. The fourth-order valence-electron chi connectivity index (χ4n) is 3.12. The molecule has 1 saturated heterocycles. The molecule has 2 aromatic carbocycles. The second kappa shape index (κ2) is 5.23. The lowest BCUT2D eigenvalue weighted by Gasteiger charge is -2.32. The molecule has 0 amide bonds. The van der Waals surface area contributed by atoms with Gasteiger partial charge in [0.1, 0.15) is 0 Å². The third-order valence-electron chi connectivity index (χ3n) is 5.28. The third kappa shape index (κ3) is 2.38. The first-order chi connectivity index (χ1) is 11.4. The van der Waals surface area contributed by atoms with E-state index in [-0.39, 0.29) is 18.3 Å². The smallest absolute Gasteiger partial charge is 0.399 e. The highest BCUT2D eigenvalue weighted by molar-refractivity contribution is 6.65. The summed E-state index contributed by atoms with van der Waals surface area (Å²) < 4.78 is 12.5. The van der Waals surface area contributed by atoms with Gasteiger partial charge in [0.05, 0.1) is 11.2 Å². The summed E-state index contributed by atoms with van der Waals surface area (Å²) in [6.45, 7) is 8.32. The van der Waals surface area contributed by atoms with Gasteiger partial charge in [0.2, 0.25) is 0 Å². The van der Waals surface area contributed by atoms with Crippen LogP contribution in [0, 0.1) is 0 Å². The molecule has 0 bridgehead atoms. The summed E-state index contributed by atoms with van der Waals surface area (Å²) in [5, 5.41) is 1.17. The van der Waals surface area contributed by atoms with Gasteiger partial charge in [-0.25, -0.2) is 0 Å². The van der Waals surface area contributed by atoms with Crippen LogP contribution in [0.2, 0.25) is 0 Å². The van der Waals surface area contributed by atoms with Gasteiger partial charge >= 0.3 is 7.12 Å². The van der Waals surface area contributed by atoms with Crippen LogP contribution in [0.5, 0.6) is 0 Å². The van der Waals surface area contributed by atoms with E-state index in [4.69, 9.17) is 9.31 Å². The third-order valence-corrected chi connectivity index (χ3v) is 5.28. The van der Waals surface area contributed by atoms with Crippen LogP contribution in [0.3, 0.4) is 0 Å². The molecule has 2 heterocycles. The molecule has 0 unspecified atom stereocenters. The first-order valence-electron chi connectivity index (χ1n) is 8.40. The summed E-state index contributed by atoms with van der Waals surface area (Å²) in [7, 11) is -0.360. The number of aromatic amines is 1. The van der Waals surface area contributed by atoms with E-state index in [0.717, 1.165) is 16.7 Å². The summed E-state index contributed by atoms with van der Waals surface area (Å²) in [4.78, 5) is 3.55. The number of hydrogen-bond acceptors (Lipinski definition) is 2. The van der Waals surface area contributed by atoms with Gasteiger partial charge in [-0.05, 0) is 44.7 Å². The maximum atomic E-state index is 6.23. The van der Waals surface area contributed by atoms with Crippen LogP contribution in [-0.4, -0.2) is 23.3 Å². The molecule has 3 aromatic rings. The highest BCUT2D eigenvalue weighted by atomic mass is 16.7. The van der Waals surface area contributed by atoms with E-state index < -0.39 is 0 Å². The van der Waals surface area contributed by atoms with E-state index in [1.165, 1.54) is 10.9 Å². The Kier molecular flexibility index (Phi) is 3.38. The first kappa shape index (κ1) is 15.5. The second-order valence-corrected chi connectivity index (χ2v) is 7.45. The number of rotatable bonds is 2. The van der Waals surface area contributed by atoms with Gasteiger partial charge in [0.25, 0.3) is 0 Å². The lowest BCUT2D eigenvalue weighted by molar-refractivity contribution is 0.00578. The summed E-state index contributed by atoms with van der Waals surface area (Å²) in [5.41, 5.74) is 3.73. The van der Waals surface area contributed by atoms with Crippen molar-refractivity contribution >= 4 is 23.5 Å². The van der Waals surface area contributed by atoms with E-state index in [1.807, 2.05) is 6.07 Å².